The molecule has 0 bridgehead atoms. The van der Waals surface area contributed by atoms with Crippen LogP contribution in [0.2, 0.25) is 0 Å². The molecule has 16 heavy (non-hydrogen) atoms. The van der Waals surface area contributed by atoms with Gasteiger partial charge >= 0.3 is 5.97 Å². The Labute approximate surface area is 96.6 Å². The van der Waals surface area contributed by atoms with E-state index in [0.717, 1.165) is 0 Å². The second kappa shape index (κ2) is 7.22. The van der Waals surface area contributed by atoms with E-state index in [2.05, 4.69) is 10.6 Å². The third-order valence-corrected chi connectivity index (χ3v) is 2.15. The van der Waals surface area contributed by atoms with Crippen molar-refractivity contribution in [1.82, 2.24) is 10.6 Å². The summed E-state index contributed by atoms with van der Waals surface area (Å²) >= 11 is 0. The van der Waals surface area contributed by atoms with E-state index in [9.17, 15) is 9.59 Å². The predicted molar refractivity (Wildman–Crippen MR) is 62.2 cm³/mol. The second-order valence-electron chi connectivity index (χ2n) is 4.49. The number of aliphatic carboxylic acids is 1. The summed E-state index contributed by atoms with van der Waals surface area (Å²) < 4.78 is 0. The average molecular weight is 230 g/mol. The number of carboxylic acids is 1. The zero-order chi connectivity index (χ0) is 12.7. The van der Waals surface area contributed by atoms with Gasteiger partial charge in [0.1, 0.15) is 6.04 Å². The van der Waals surface area contributed by atoms with E-state index in [4.69, 9.17) is 5.11 Å². The Bertz CT molecular complexity index is 239. The van der Waals surface area contributed by atoms with Gasteiger partial charge in [-0.25, -0.2) is 4.79 Å². The van der Waals surface area contributed by atoms with Gasteiger partial charge in [-0.05, 0) is 5.92 Å². The van der Waals surface area contributed by atoms with Gasteiger partial charge in [0.25, 0.3) is 0 Å². The van der Waals surface area contributed by atoms with Gasteiger partial charge in [-0.3, -0.25) is 4.79 Å². The molecule has 0 rings (SSSR count). The predicted octanol–water partition coefficient (Wildman–Crippen LogP) is 0.600. The van der Waals surface area contributed by atoms with Gasteiger partial charge in [-0.2, -0.15) is 0 Å². The maximum Gasteiger partial charge on any atom is 0.326 e. The summed E-state index contributed by atoms with van der Waals surface area (Å²) in [6, 6.07) is -0.472. The van der Waals surface area contributed by atoms with E-state index in [1.54, 1.807) is 13.8 Å². The van der Waals surface area contributed by atoms with E-state index < -0.39 is 12.0 Å². The van der Waals surface area contributed by atoms with Crippen LogP contribution in [0.3, 0.4) is 0 Å². The fourth-order valence-corrected chi connectivity index (χ4v) is 1.23. The highest BCUT2D eigenvalue weighted by Crippen LogP contribution is 2.01. The Hall–Kier alpha value is -1.10. The minimum absolute atomic E-state index is 0.112. The SMILES string of the molecule is CC(C)NCCC(=O)N[C@@H](C(=O)O)C(C)C. The van der Waals surface area contributed by atoms with Crippen LogP contribution in [0.1, 0.15) is 34.1 Å². The molecule has 0 saturated heterocycles. The van der Waals surface area contributed by atoms with Crippen LogP contribution < -0.4 is 10.6 Å². The lowest BCUT2D eigenvalue weighted by molar-refractivity contribution is -0.143. The summed E-state index contributed by atoms with van der Waals surface area (Å²) in [6.07, 6.45) is 0.300. The first-order valence-electron chi connectivity index (χ1n) is 5.60. The highest BCUT2D eigenvalue weighted by Gasteiger charge is 2.22. The van der Waals surface area contributed by atoms with Crippen molar-refractivity contribution in [3.63, 3.8) is 0 Å². The van der Waals surface area contributed by atoms with Crippen LogP contribution in [0.5, 0.6) is 0 Å². The lowest BCUT2D eigenvalue weighted by atomic mass is 10.0. The van der Waals surface area contributed by atoms with Crippen molar-refractivity contribution in [2.75, 3.05) is 6.54 Å². The third kappa shape index (κ3) is 6.40. The summed E-state index contributed by atoms with van der Waals surface area (Å²) in [4.78, 5) is 22.3. The molecule has 0 unspecified atom stereocenters. The molecule has 0 aliphatic heterocycles. The molecule has 0 radical (unpaired) electrons. The Morgan fingerprint density at radius 3 is 2.12 bits per heavy atom. The average Bonchev–Trinajstić information content (AvgIpc) is 2.12. The quantitative estimate of drug-likeness (QED) is 0.598. The molecule has 5 nitrogen and oxygen atoms in total. The summed E-state index contributed by atoms with van der Waals surface area (Å²) in [7, 11) is 0. The molecule has 0 aliphatic rings. The van der Waals surface area contributed by atoms with Gasteiger partial charge in [0.2, 0.25) is 5.91 Å². The normalized spacial score (nSPS) is 12.9. The van der Waals surface area contributed by atoms with Crippen LogP contribution in [0.4, 0.5) is 0 Å². The molecule has 1 atom stereocenters. The molecule has 5 heteroatoms. The Kier molecular flexibility index (Phi) is 6.72. The van der Waals surface area contributed by atoms with E-state index in [1.807, 2.05) is 13.8 Å². The highest BCUT2D eigenvalue weighted by atomic mass is 16.4. The Morgan fingerprint density at radius 2 is 1.75 bits per heavy atom. The molecule has 1 amide bonds. The van der Waals surface area contributed by atoms with E-state index >= 15 is 0 Å². The smallest absolute Gasteiger partial charge is 0.326 e. The van der Waals surface area contributed by atoms with Crippen LogP contribution in [-0.2, 0) is 9.59 Å². The molecule has 3 N–H and O–H groups in total. The number of carbonyl (C=O) groups excluding carboxylic acids is 1. The van der Waals surface area contributed by atoms with Crippen LogP contribution in [0.25, 0.3) is 0 Å². The number of hydrogen-bond donors (Lipinski definition) is 3. The van der Waals surface area contributed by atoms with Crippen molar-refractivity contribution in [1.29, 1.82) is 0 Å². The number of rotatable bonds is 7. The number of amides is 1. The molecule has 0 aromatic carbocycles. The van der Waals surface area contributed by atoms with Crippen molar-refractivity contribution in [2.45, 2.75) is 46.2 Å². The Balaban J connectivity index is 3.97. The van der Waals surface area contributed by atoms with Crippen molar-refractivity contribution in [2.24, 2.45) is 5.92 Å². The second-order valence-corrected chi connectivity index (χ2v) is 4.49. The van der Waals surface area contributed by atoms with Gasteiger partial charge in [-0.15, -0.1) is 0 Å². The van der Waals surface area contributed by atoms with Gasteiger partial charge in [0.05, 0.1) is 0 Å². The minimum atomic E-state index is -0.986. The van der Waals surface area contributed by atoms with Gasteiger partial charge in [-0.1, -0.05) is 27.7 Å². The maximum atomic E-state index is 11.4. The lowest BCUT2D eigenvalue weighted by Crippen LogP contribution is -2.45. The molecular weight excluding hydrogens is 208 g/mol. The monoisotopic (exact) mass is 230 g/mol. The first-order chi connectivity index (χ1) is 7.34. The van der Waals surface area contributed by atoms with Crippen molar-refractivity contribution >= 4 is 11.9 Å². The molecule has 0 spiro atoms. The molecule has 94 valence electrons. The van der Waals surface area contributed by atoms with Crippen LogP contribution in [0, 0.1) is 5.92 Å². The maximum absolute atomic E-state index is 11.4. The topological polar surface area (TPSA) is 78.4 Å². The molecule has 0 fully saturated rings. The fourth-order valence-electron chi connectivity index (χ4n) is 1.23. The molecule has 0 heterocycles. The zero-order valence-electron chi connectivity index (χ0n) is 10.4. The summed E-state index contributed by atoms with van der Waals surface area (Å²) in [5.41, 5.74) is 0. The van der Waals surface area contributed by atoms with E-state index in [0.29, 0.717) is 19.0 Å². The van der Waals surface area contributed by atoms with Gasteiger partial charge in [0, 0.05) is 19.0 Å². The molecule has 0 aromatic heterocycles. The molecule has 0 aromatic rings. The fraction of sp³-hybridized carbons (Fsp3) is 0.818. The number of hydrogen-bond acceptors (Lipinski definition) is 3. The number of carbonyl (C=O) groups is 2. The Morgan fingerprint density at radius 1 is 1.19 bits per heavy atom. The third-order valence-electron chi connectivity index (χ3n) is 2.15. The summed E-state index contributed by atoms with van der Waals surface area (Å²) in [5.74, 6) is -1.33. The number of nitrogens with one attached hydrogen (secondary N) is 2. The summed E-state index contributed by atoms with van der Waals surface area (Å²) in [6.45, 7) is 8.09. The molecular formula is C11H22N2O3. The zero-order valence-corrected chi connectivity index (χ0v) is 10.4. The highest BCUT2D eigenvalue weighted by molar-refractivity contribution is 5.83. The largest absolute Gasteiger partial charge is 0.480 e. The first-order valence-corrected chi connectivity index (χ1v) is 5.60. The van der Waals surface area contributed by atoms with Crippen LogP contribution >= 0.6 is 0 Å². The van der Waals surface area contributed by atoms with Crippen LogP contribution in [0.15, 0.2) is 0 Å². The van der Waals surface area contributed by atoms with Gasteiger partial charge in [0.15, 0.2) is 0 Å². The van der Waals surface area contributed by atoms with Crippen molar-refractivity contribution < 1.29 is 14.7 Å². The van der Waals surface area contributed by atoms with E-state index in [1.165, 1.54) is 0 Å². The first kappa shape index (κ1) is 14.9. The van der Waals surface area contributed by atoms with Crippen molar-refractivity contribution in [3.8, 4) is 0 Å². The lowest BCUT2D eigenvalue weighted by Gasteiger charge is -2.18. The van der Waals surface area contributed by atoms with Crippen molar-refractivity contribution in [3.05, 3.63) is 0 Å². The standard InChI is InChI=1S/C11H22N2O3/c1-7(2)10(11(15)16)13-9(14)5-6-12-8(3)4/h7-8,10,12H,5-6H2,1-4H3,(H,13,14)(H,15,16)/t10-/m1/s1. The summed E-state index contributed by atoms with van der Waals surface area (Å²) in [5, 5.41) is 14.5. The number of carboxylic acid groups (broad SMARTS) is 1. The molecule has 0 aliphatic carbocycles. The van der Waals surface area contributed by atoms with Gasteiger partial charge < -0.3 is 15.7 Å². The minimum Gasteiger partial charge on any atom is -0.480 e. The van der Waals surface area contributed by atoms with E-state index in [-0.39, 0.29) is 11.8 Å². The molecule has 0 saturated carbocycles. The van der Waals surface area contributed by atoms with Crippen LogP contribution in [-0.4, -0.2) is 35.6 Å².